The van der Waals surface area contributed by atoms with E-state index in [2.05, 4.69) is 0 Å². The Bertz CT molecular complexity index is 627. The predicted molar refractivity (Wildman–Crippen MR) is 52.7 cm³/mol. The highest BCUT2D eigenvalue weighted by Gasteiger charge is 2.35. The Labute approximate surface area is 94.5 Å². The SMILES string of the molecule is O=CC1=Cc2cc(C(F)(F)F)ccc2S1(=O)=O. The van der Waals surface area contributed by atoms with Gasteiger partial charge in [-0.15, -0.1) is 0 Å². The molecule has 1 aliphatic heterocycles. The Kier molecular flexibility index (Phi) is 2.39. The fourth-order valence-corrected chi connectivity index (χ4v) is 2.88. The number of aldehydes is 1. The second-order valence-corrected chi connectivity index (χ2v) is 5.34. The van der Waals surface area contributed by atoms with Gasteiger partial charge >= 0.3 is 6.18 Å². The molecule has 1 aliphatic rings. The van der Waals surface area contributed by atoms with E-state index in [4.69, 9.17) is 0 Å². The molecule has 7 heteroatoms. The first-order chi connectivity index (χ1) is 7.76. The van der Waals surface area contributed by atoms with E-state index in [9.17, 15) is 26.4 Å². The number of rotatable bonds is 1. The van der Waals surface area contributed by atoms with E-state index in [0.717, 1.165) is 12.1 Å². The monoisotopic (exact) mass is 262 g/mol. The van der Waals surface area contributed by atoms with Crippen LogP contribution in [0.4, 0.5) is 13.2 Å². The molecule has 2 rings (SSSR count). The molecule has 0 N–H and O–H groups in total. The van der Waals surface area contributed by atoms with Crippen molar-refractivity contribution in [3.63, 3.8) is 0 Å². The summed E-state index contributed by atoms with van der Waals surface area (Å²) in [5, 5.41) is 0. The highest BCUT2D eigenvalue weighted by Crippen LogP contribution is 2.36. The van der Waals surface area contributed by atoms with Crippen LogP contribution >= 0.6 is 0 Å². The second-order valence-electron chi connectivity index (χ2n) is 3.42. The van der Waals surface area contributed by atoms with Crippen molar-refractivity contribution >= 4 is 22.2 Å². The fourth-order valence-electron chi connectivity index (χ4n) is 1.54. The molecule has 0 fully saturated rings. The van der Waals surface area contributed by atoms with Gasteiger partial charge in [0.2, 0.25) is 9.84 Å². The van der Waals surface area contributed by atoms with Crippen LogP contribution in [0.2, 0.25) is 0 Å². The number of alkyl halides is 3. The molecule has 0 amide bonds. The number of allylic oxidation sites excluding steroid dienone is 1. The smallest absolute Gasteiger partial charge is 0.297 e. The third-order valence-corrected chi connectivity index (χ3v) is 4.14. The van der Waals surface area contributed by atoms with Gasteiger partial charge in [0.25, 0.3) is 0 Å². The van der Waals surface area contributed by atoms with Crippen LogP contribution in [0, 0.1) is 0 Å². The van der Waals surface area contributed by atoms with Crippen LogP contribution < -0.4 is 0 Å². The Hall–Kier alpha value is -1.63. The minimum Gasteiger partial charge on any atom is -0.297 e. The predicted octanol–water partition coefficient (Wildman–Crippen LogP) is 2.03. The molecule has 1 aromatic rings. The van der Waals surface area contributed by atoms with Crippen molar-refractivity contribution in [2.45, 2.75) is 11.1 Å². The van der Waals surface area contributed by atoms with Crippen LogP contribution in [0.15, 0.2) is 28.0 Å². The topological polar surface area (TPSA) is 51.2 Å². The number of benzene rings is 1. The van der Waals surface area contributed by atoms with Gasteiger partial charge in [-0.05, 0) is 29.8 Å². The molecule has 0 spiro atoms. The van der Waals surface area contributed by atoms with Crippen molar-refractivity contribution in [3.05, 3.63) is 34.2 Å². The van der Waals surface area contributed by atoms with Crippen LogP contribution in [0.5, 0.6) is 0 Å². The van der Waals surface area contributed by atoms with Gasteiger partial charge in [-0.2, -0.15) is 13.2 Å². The molecule has 0 aromatic heterocycles. The maximum absolute atomic E-state index is 12.4. The maximum Gasteiger partial charge on any atom is 0.416 e. The maximum atomic E-state index is 12.4. The van der Waals surface area contributed by atoms with E-state index >= 15 is 0 Å². The van der Waals surface area contributed by atoms with Crippen LogP contribution in [-0.4, -0.2) is 14.7 Å². The zero-order chi connectivity index (χ0) is 12.8. The molecular formula is C10H5F3O3S. The normalized spacial score (nSPS) is 17.5. The summed E-state index contributed by atoms with van der Waals surface area (Å²) in [5.74, 6) is 0. The molecule has 0 bridgehead atoms. The average molecular weight is 262 g/mol. The van der Waals surface area contributed by atoms with E-state index in [1.54, 1.807) is 0 Å². The van der Waals surface area contributed by atoms with Gasteiger partial charge in [0.15, 0.2) is 6.29 Å². The molecule has 0 saturated carbocycles. The zero-order valence-electron chi connectivity index (χ0n) is 8.15. The van der Waals surface area contributed by atoms with Gasteiger partial charge < -0.3 is 0 Å². The molecule has 0 saturated heterocycles. The molecule has 17 heavy (non-hydrogen) atoms. The molecule has 0 radical (unpaired) electrons. The summed E-state index contributed by atoms with van der Waals surface area (Å²) in [6, 6.07) is 2.25. The van der Waals surface area contributed by atoms with E-state index in [0.29, 0.717) is 12.1 Å². The molecular weight excluding hydrogens is 257 g/mol. The second kappa shape index (κ2) is 3.43. The van der Waals surface area contributed by atoms with Crippen LogP contribution in [0.1, 0.15) is 11.1 Å². The van der Waals surface area contributed by atoms with E-state index in [1.807, 2.05) is 0 Å². The molecule has 90 valence electrons. The number of carbonyl (C=O) groups is 1. The summed E-state index contributed by atoms with van der Waals surface area (Å²) in [7, 11) is -3.93. The van der Waals surface area contributed by atoms with Crippen molar-refractivity contribution < 1.29 is 26.4 Å². The summed E-state index contributed by atoms with van der Waals surface area (Å²) in [6.07, 6.45) is -3.49. The van der Waals surface area contributed by atoms with Gasteiger partial charge in [0.1, 0.15) is 4.91 Å². The largest absolute Gasteiger partial charge is 0.416 e. The van der Waals surface area contributed by atoms with Gasteiger partial charge in [-0.3, -0.25) is 4.79 Å². The lowest BCUT2D eigenvalue weighted by atomic mass is 10.1. The Morgan fingerprint density at radius 2 is 1.82 bits per heavy atom. The summed E-state index contributed by atoms with van der Waals surface area (Å²) >= 11 is 0. The zero-order valence-corrected chi connectivity index (χ0v) is 8.97. The Morgan fingerprint density at radius 3 is 2.35 bits per heavy atom. The molecule has 0 unspecified atom stereocenters. The van der Waals surface area contributed by atoms with E-state index in [-0.39, 0.29) is 16.7 Å². The fraction of sp³-hybridized carbons (Fsp3) is 0.100. The van der Waals surface area contributed by atoms with E-state index in [1.165, 1.54) is 0 Å². The highest BCUT2D eigenvalue weighted by atomic mass is 32.2. The highest BCUT2D eigenvalue weighted by molar-refractivity contribution is 7.96. The number of sulfone groups is 1. The minimum atomic E-state index is -4.55. The van der Waals surface area contributed by atoms with Crippen molar-refractivity contribution in [1.82, 2.24) is 0 Å². The molecule has 0 atom stereocenters. The number of halogens is 3. The Balaban J connectivity index is 2.66. The van der Waals surface area contributed by atoms with Gasteiger partial charge in [-0.25, -0.2) is 8.42 Å². The first-order valence-electron chi connectivity index (χ1n) is 4.40. The standard InChI is InChI=1S/C10H5F3O3S/c11-10(12,13)7-1-2-9-6(3-7)4-8(5-14)17(9,15)16/h1-5H. The van der Waals surface area contributed by atoms with Gasteiger partial charge in [0, 0.05) is 0 Å². The number of fused-ring (bicyclic) bond motifs is 1. The number of hydrogen-bond donors (Lipinski definition) is 0. The molecule has 3 nitrogen and oxygen atoms in total. The molecule has 0 aliphatic carbocycles. The van der Waals surface area contributed by atoms with E-state index < -0.39 is 26.5 Å². The van der Waals surface area contributed by atoms with Crippen molar-refractivity contribution in [2.24, 2.45) is 0 Å². The summed E-state index contributed by atoms with van der Waals surface area (Å²) in [4.78, 5) is 9.71. The minimum absolute atomic E-state index is 0.109. The summed E-state index contributed by atoms with van der Waals surface area (Å²) < 4.78 is 60.4. The van der Waals surface area contributed by atoms with Crippen LogP contribution in [-0.2, 0) is 20.8 Å². The average Bonchev–Trinajstić information content (AvgIpc) is 2.48. The van der Waals surface area contributed by atoms with Crippen LogP contribution in [0.25, 0.3) is 6.08 Å². The van der Waals surface area contributed by atoms with Gasteiger partial charge in [-0.1, -0.05) is 0 Å². The molecule has 1 aromatic carbocycles. The van der Waals surface area contributed by atoms with Crippen molar-refractivity contribution in [1.29, 1.82) is 0 Å². The molecule has 1 heterocycles. The van der Waals surface area contributed by atoms with Crippen molar-refractivity contribution in [3.8, 4) is 0 Å². The van der Waals surface area contributed by atoms with Crippen LogP contribution in [0.3, 0.4) is 0 Å². The van der Waals surface area contributed by atoms with Crippen molar-refractivity contribution in [2.75, 3.05) is 0 Å². The third-order valence-electron chi connectivity index (χ3n) is 2.35. The first kappa shape index (κ1) is 11.8. The first-order valence-corrected chi connectivity index (χ1v) is 5.88. The lowest BCUT2D eigenvalue weighted by Crippen LogP contribution is -2.06. The third kappa shape index (κ3) is 1.76. The van der Waals surface area contributed by atoms with Gasteiger partial charge in [0.05, 0.1) is 10.5 Å². The summed E-state index contributed by atoms with van der Waals surface area (Å²) in [6.45, 7) is 0. The lowest BCUT2D eigenvalue weighted by Gasteiger charge is -2.07. The number of hydrogen-bond acceptors (Lipinski definition) is 3. The summed E-state index contributed by atoms with van der Waals surface area (Å²) in [5.41, 5.74) is -1.06. The number of carbonyl (C=O) groups excluding carboxylic acids is 1. The Morgan fingerprint density at radius 1 is 1.18 bits per heavy atom. The quantitative estimate of drug-likeness (QED) is 0.728. The lowest BCUT2D eigenvalue weighted by molar-refractivity contribution is -0.137.